The third kappa shape index (κ3) is 2.51. The Bertz CT molecular complexity index is 363. The molecule has 17 heavy (non-hydrogen) atoms. The van der Waals surface area contributed by atoms with Gasteiger partial charge in [-0.05, 0) is 43.3 Å². The zero-order valence-corrected chi connectivity index (χ0v) is 10.4. The Morgan fingerprint density at radius 1 is 1.18 bits per heavy atom. The zero-order chi connectivity index (χ0) is 12.3. The highest BCUT2D eigenvalue weighted by Crippen LogP contribution is 2.29. The molecule has 1 N–H and O–H groups in total. The van der Waals surface area contributed by atoms with E-state index >= 15 is 0 Å². The lowest BCUT2D eigenvalue weighted by Crippen LogP contribution is -2.42. The molecule has 0 aromatic heterocycles. The number of carbonyl (C=O) groups is 1. The quantitative estimate of drug-likeness (QED) is 0.791. The van der Waals surface area contributed by atoms with Gasteiger partial charge in [-0.2, -0.15) is 0 Å². The summed E-state index contributed by atoms with van der Waals surface area (Å²) in [5.41, 5.74) is 2.41. The summed E-state index contributed by atoms with van der Waals surface area (Å²) >= 11 is 0. The molecule has 0 bridgehead atoms. The number of allylic oxidation sites excluding steroid dienone is 2. The van der Waals surface area contributed by atoms with E-state index in [0.29, 0.717) is 0 Å². The highest BCUT2D eigenvalue weighted by Gasteiger charge is 2.28. The SMILES string of the molecule is C=CC1=C(C=C)C(NC(=O)C2CCC2)CCC1. The van der Waals surface area contributed by atoms with E-state index in [4.69, 9.17) is 0 Å². The lowest BCUT2D eigenvalue weighted by Gasteiger charge is -2.31. The summed E-state index contributed by atoms with van der Waals surface area (Å²) in [6.45, 7) is 7.70. The molecule has 1 unspecified atom stereocenters. The summed E-state index contributed by atoms with van der Waals surface area (Å²) in [5.74, 6) is 0.487. The van der Waals surface area contributed by atoms with Gasteiger partial charge in [0.15, 0.2) is 0 Å². The van der Waals surface area contributed by atoms with Gasteiger partial charge in [0, 0.05) is 5.92 Å². The predicted molar refractivity (Wildman–Crippen MR) is 70.5 cm³/mol. The van der Waals surface area contributed by atoms with Gasteiger partial charge in [0.25, 0.3) is 0 Å². The lowest BCUT2D eigenvalue weighted by atomic mass is 9.83. The molecule has 1 fully saturated rings. The van der Waals surface area contributed by atoms with Gasteiger partial charge < -0.3 is 5.32 Å². The molecule has 0 spiro atoms. The van der Waals surface area contributed by atoms with E-state index in [1.54, 1.807) is 0 Å². The van der Waals surface area contributed by atoms with Gasteiger partial charge >= 0.3 is 0 Å². The number of nitrogens with one attached hydrogen (secondary N) is 1. The van der Waals surface area contributed by atoms with Crippen molar-refractivity contribution >= 4 is 5.91 Å². The van der Waals surface area contributed by atoms with Crippen molar-refractivity contribution in [3.63, 3.8) is 0 Å². The molecule has 2 rings (SSSR count). The molecule has 0 aromatic rings. The maximum Gasteiger partial charge on any atom is 0.223 e. The minimum absolute atomic E-state index is 0.155. The van der Waals surface area contributed by atoms with Crippen molar-refractivity contribution in [2.45, 2.75) is 44.6 Å². The van der Waals surface area contributed by atoms with Gasteiger partial charge in [-0.3, -0.25) is 4.79 Å². The number of hydrogen-bond donors (Lipinski definition) is 1. The number of rotatable bonds is 4. The largest absolute Gasteiger partial charge is 0.349 e. The minimum Gasteiger partial charge on any atom is -0.349 e. The van der Waals surface area contributed by atoms with E-state index in [1.165, 1.54) is 17.6 Å². The van der Waals surface area contributed by atoms with Crippen LogP contribution in [0.3, 0.4) is 0 Å². The van der Waals surface area contributed by atoms with Gasteiger partial charge in [0.05, 0.1) is 6.04 Å². The first kappa shape index (κ1) is 12.2. The monoisotopic (exact) mass is 231 g/mol. The molecular weight excluding hydrogens is 210 g/mol. The van der Waals surface area contributed by atoms with Crippen LogP contribution in [0.1, 0.15) is 38.5 Å². The summed E-state index contributed by atoms with van der Waals surface area (Å²) < 4.78 is 0. The van der Waals surface area contributed by atoms with E-state index in [9.17, 15) is 4.79 Å². The second-order valence-corrected chi connectivity index (χ2v) is 4.97. The second kappa shape index (κ2) is 5.35. The number of carbonyl (C=O) groups excluding carboxylic acids is 1. The fraction of sp³-hybridized carbons (Fsp3) is 0.533. The van der Waals surface area contributed by atoms with Crippen LogP contribution in [-0.4, -0.2) is 11.9 Å². The van der Waals surface area contributed by atoms with E-state index < -0.39 is 0 Å². The maximum atomic E-state index is 12.0. The van der Waals surface area contributed by atoms with Crippen LogP contribution in [0.5, 0.6) is 0 Å². The van der Waals surface area contributed by atoms with Crippen molar-refractivity contribution < 1.29 is 4.79 Å². The van der Waals surface area contributed by atoms with Crippen LogP contribution in [0.25, 0.3) is 0 Å². The lowest BCUT2D eigenvalue weighted by molar-refractivity contribution is -0.127. The zero-order valence-electron chi connectivity index (χ0n) is 10.4. The molecule has 2 aliphatic carbocycles. The summed E-state index contributed by atoms with van der Waals surface area (Å²) in [6.07, 6.45) is 10.3. The topological polar surface area (TPSA) is 29.1 Å². The van der Waals surface area contributed by atoms with Crippen LogP contribution < -0.4 is 5.32 Å². The molecule has 1 atom stereocenters. The van der Waals surface area contributed by atoms with E-state index in [0.717, 1.165) is 32.1 Å². The van der Waals surface area contributed by atoms with E-state index in [2.05, 4.69) is 18.5 Å². The molecule has 1 saturated carbocycles. The Kier molecular flexibility index (Phi) is 3.82. The minimum atomic E-state index is 0.155. The fourth-order valence-electron chi connectivity index (χ4n) is 2.62. The van der Waals surface area contributed by atoms with Crippen LogP contribution in [0.2, 0.25) is 0 Å². The summed E-state index contributed by atoms with van der Waals surface area (Å²) in [7, 11) is 0. The Labute approximate surface area is 103 Å². The maximum absolute atomic E-state index is 12.0. The average molecular weight is 231 g/mol. The van der Waals surface area contributed by atoms with Crippen LogP contribution in [0.15, 0.2) is 36.5 Å². The third-order valence-electron chi connectivity index (χ3n) is 3.94. The Balaban J connectivity index is 2.05. The Morgan fingerprint density at radius 3 is 2.47 bits per heavy atom. The first-order valence-electron chi connectivity index (χ1n) is 6.54. The first-order valence-corrected chi connectivity index (χ1v) is 6.54. The molecule has 2 heteroatoms. The summed E-state index contributed by atoms with van der Waals surface area (Å²) in [6, 6.07) is 0.155. The van der Waals surface area contributed by atoms with Crippen LogP contribution in [0, 0.1) is 5.92 Å². The van der Waals surface area contributed by atoms with E-state index in [1.807, 2.05) is 12.2 Å². The fourth-order valence-corrected chi connectivity index (χ4v) is 2.62. The van der Waals surface area contributed by atoms with Gasteiger partial charge in [-0.15, -0.1) is 0 Å². The van der Waals surface area contributed by atoms with Crippen molar-refractivity contribution in [3.05, 3.63) is 36.5 Å². The normalized spacial score (nSPS) is 25.1. The third-order valence-corrected chi connectivity index (χ3v) is 3.94. The van der Waals surface area contributed by atoms with Crippen LogP contribution in [0.4, 0.5) is 0 Å². The molecule has 2 aliphatic rings. The predicted octanol–water partition coefficient (Wildman–Crippen LogP) is 3.12. The average Bonchev–Trinajstić information content (AvgIpc) is 2.26. The van der Waals surface area contributed by atoms with Gasteiger partial charge in [0.1, 0.15) is 0 Å². The van der Waals surface area contributed by atoms with Gasteiger partial charge in [0.2, 0.25) is 5.91 Å². The summed E-state index contributed by atoms with van der Waals surface area (Å²) in [5, 5.41) is 3.17. The molecule has 0 heterocycles. The molecule has 0 saturated heterocycles. The van der Waals surface area contributed by atoms with Gasteiger partial charge in [-0.1, -0.05) is 31.7 Å². The second-order valence-electron chi connectivity index (χ2n) is 4.97. The molecule has 1 amide bonds. The van der Waals surface area contributed by atoms with E-state index in [-0.39, 0.29) is 17.9 Å². The summed E-state index contributed by atoms with van der Waals surface area (Å²) in [4.78, 5) is 12.0. The smallest absolute Gasteiger partial charge is 0.223 e. The first-order chi connectivity index (χ1) is 8.26. The molecule has 2 nitrogen and oxygen atoms in total. The Morgan fingerprint density at radius 2 is 1.94 bits per heavy atom. The van der Waals surface area contributed by atoms with Gasteiger partial charge in [-0.25, -0.2) is 0 Å². The number of amides is 1. The Hall–Kier alpha value is -1.31. The molecule has 0 aromatic carbocycles. The highest BCUT2D eigenvalue weighted by atomic mass is 16.2. The molecule has 0 aliphatic heterocycles. The van der Waals surface area contributed by atoms with Crippen molar-refractivity contribution in [1.29, 1.82) is 0 Å². The highest BCUT2D eigenvalue weighted by molar-refractivity contribution is 5.80. The molecule has 92 valence electrons. The molecule has 0 radical (unpaired) electrons. The van der Waals surface area contributed by atoms with Crippen molar-refractivity contribution in [3.8, 4) is 0 Å². The van der Waals surface area contributed by atoms with Crippen LogP contribution >= 0.6 is 0 Å². The van der Waals surface area contributed by atoms with Crippen molar-refractivity contribution in [1.82, 2.24) is 5.32 Å². The standard InChI is InChI=1S/C15H21NO/c1-3-11-7-6-10-14(13(11)4-2)16-15(17)12-8-5-9-12/h3-4,12,14H,1-2,5-10H2,(H,16,17). The van der Waals surface area contributed by atoms with Crippen molar-refractivity contribution in [2.24, 2.45) is 5.92 Å². The number of hydrogen-bond acceptors (Lipinski definition) is 1. The molecular formula is C15H21NO. The van der Waals surface area contributed by atoms with Crippen molar-refractivity contribution in [2.75, 3.05) is 0 Å². The van der Waals surface area contributed by atoms with Crippen LogP contribution in [-0.2, 0) is 4.79 Å².